The van der Waals surface area contributed by atoms with Crippen molar-refractivity contribution in [1.29, 1.82) is 0 Å². The van der Waals surface area contributed by atoms with Crippen LogP contribution in [-0.4, -0.2) is 29.5 Å². The van der Waals surface area contributed by atoms with Crippen molar-refractivity contribution in [1.82, 2.24) is 15.1 Å². The predicted molar refractivity (Wildman–Crippen MR) is 49.4 cm³/mol. The minimum Gasteiger partial charge on any atom is -0.372 e. The van der Waals surface area contributed by atoms with Crippen molar-refractivity contribution in [3.05, 3.63) is 18.0 Å². The quantitative estimate of drug-likeness (QED) is 0.684. The molecule has 1 fully saturated rings. The van der Waals surface area contributed by atoms with Crippen molar-refractivity contribution in [2.75, 3.05) is 19.7 Å². The van der Waals surface area contributed by atoms with Crippen LogP contribution in [0.5, 0.6) is 0 Å². The van der Waals surface area contributed by atoms with Crippen LogP contribution in [0.4, 0.5) is 0 Å². The third-order valence-electron chi connectivity index (χ3n) is 2.24. The summed E-state index contributed by atoms with van der Waals surface area (Å²) in [4.78, 5) is 0. The molecule has 0 radical (unpaired) electrons. The molecule has 72 valence electrons. The van der Waals surface area contributed by atoms with Gasteiger partial charge in [0.1, 0.15) is 0 Å². The molecule has 1 aliphatic heterocycles. The first-order chi connectivity index (χ1) is 6.36. The number of aryl methyl sites for hydroxylation is 1. The van der Waals surface area contributed by atoms with Crippen molar-refractivity contribution >= 4 is 0 Å². The van der Waals surface area contributed by atoms with Crippen LogP contribution in [0, 0.1) is 0 Å². The molecule has 1 N–H and O–H groups in total. The minimum absolute atomic E-state index is 0.177. The monoisotopic (exact) mass is 181 g/mol. The molecule has 4 nitrogen and oxygen atoms in total. The topological polar surface area (TPSA) is 39.1 Å². The number of rotatable bonds is 1. The Morgan fingerprint density at radius 1 is 1.69 bits per heavy atom. The third-order valence-corrected chi connectivity index (χ3v) is 2.24. The zero-order valence-electron chi connectivity index (χ0n) is 7.86. The van der Waals surface area contributed by atoms with Gasteiger partial charge in [0.2, 0.25) is 0 Å². The Morgan fingerprint density at radius 3 is 3.38 bits per heavy atom. The minimum atomic E-state index is 0.177. The summed E-state index contributed by atoms with van der Waals surface area (Å²) in [7, 11) is 1.92. The predicted octanol–water partition coefficient (Wildman–Crippen LogP) is 0.471. The van der Waals surface area contributed by atoms with Gasteiger partial charge in [-0.3, -0.25) is 4.68 Å². The number of hydrogen-bond donors (Lipinski definition) is 1. The van der Waals surface area contributed by atoms with Crippen LogP contribution in [0.3, 0.4) is 0 Å². The van der Waals surface area contributed by atoms with Gasteiger partial charge in [0.05, 0.1) is 12.3 Å². The average molecular weight is 181 g/mol. The molecule has 0 unspecified atom stereocenters. The summed E-state index contributed by atoms with van der Waals surface area (Å²) >= 11 is 0. The maximum Gasteiger partial charge on any atom is 0.0979 e. The second-order valence-corrected chi connectivity index (χ2v) is 3.36. The first-order valence-corrected chi connectivity index (χ1v) is 4.67. The van der Waals surface area contributed by atoms with Crippen molar-refractivity contribution in [2.45, 2.75) is 12.5 Å². The fourth-order valence-electron chi connectivity index (χ4n) is 1.54. The maximum absolute atomic E-state index is 5.69. The summed E-state index contributed by atoms with van der Waals surface area (Å²) in [5, 5.41) is 7.47. The standard InChI is InChI=1S/C9H15N3O/c1-12-7-8(5-11-12)9-6-10-3-2-4-13-9/h5,7,9-10H,2-4,6H2,1H3/t9-/m0/s1. The van der Waals surface area contributed by atoms with Crippen LogP contribution in [0.1, 0.15) is 18.1 Å². The van der Waals surface area contributed by atoms with Crippen LogP contribution in [0.25, 0.3) is 0 Å². The Balaban J connectivity index is 2.06. The summed E-state index contributed by atoms with van der Waals surface area (Å²) in [6.45, 7) is 2.79. The second kappa shape index (κ2) is 3.89. The van der Waals surface area contributed by atoms with E-state index in [-0.39, 0.29) is 6.10 Å². The molecule has 1 aromatic heterocycles. The Bertz CT molecular complexity index is 264. The summed E-state index contributed by atoms with van der Waals surface area (Å²) in [5.41, 5.74) is 1.16. The van der Waals surface area contributed by atoms with Gasteiger partial charge < -0.3 is 10.1 Å². The van der Waals surface area contributed by atoms with E-state index < -0.39 is 0 Å². The molecular formula is C9H15N3O. The number of aromatic nitrogens is 2. The summed E-state index contributed by atoms with van der Waals surface area (Å²) in [5.74, 6) is 0. The van der Waals surface area contributed by atoms with Gasteiger partial charge in [0, 0.05) is 32.0 Å². The SMILES string of the molecule is Cn1cc([C@@H]2CNCCCO2)cn1. The van der Waals surface area contributed by atoms with E-state index in [2.05, 4.69) is 10.4 Å². The van der Waals surface area contributed by atoms with Crippen molar-refractivity contribution < 1.29 is 4.74 Å². The van der Waals surface area contributed by atoms with Gasteiger partial charge in [-0.15, -0.1) is 0 Å². The van der Waals surface area contributed by atoms with Crippen LogP contribution in [0.2, 0.25) is 0 Å². The average Bonchev–Trinajstić information content (AvgIpc) is 2.43. The Kier molecular flexibility index (Phi) is 2.61. The Morgan fingerprint density at radius 2 is 2.62 bits per heavy atom. The molecule has 4 heteroatoms. The lowest BCUT2D eigenvalue weighted by Gasteiger charge is -2.12. The first kappa shape index (κ1) is 8.72. The van der Waals surface area contributed by atoms with E-state index in [1.165, 1.54) is 0 Å². The van der Waals surface area contributed by atoms with E-state index in [0.29, 0.717) is 0 Å². The molecule has 0 bridgehead atoms. The number of nitrogens with one attached hydrogen (secondary N) is 1. The number of ether oxygens (including phenoxy) is 1. The number of nitrogens with zero attached hydrogens (tertiary/aromatic N) is 2. The molecule has 0 saturated carbocycles. The van der Waals surface area contributed by atoms with E-state index in [1.54, 1.807) is 0 Å². The molecule has 1 aromatic rings. The molecule has 1 aliphatic rings. The van der Waals surface area contributed by atoms with Gasteiger partial charge in [0.15, 0.2) is 0 Å². The van der Waals surface area contributed by atoms with Crippen molar-refractivity contribution in [3.8, 4) is 0 Å². The van der Waals surface area contributed by atoms with Crippen LogP contribution < -0.4 is 5.32 Å². The molecule has 0 spiro atoms. The highest BCUT2D eigenvalue weighted by Crippen LogP contribution is 2.17. The molecule has 2 heterocycles. The van der Waals surface area contributed by atoms with Gasteiger partial charge in [-0.1, -0.05) is 0 Å². The van der Waals surface area contributed by atoms with Gasteiger partial charge in [-0.2, -0.15) is 5.10 Å². The molecule has 13 heavy (non-hydrogen) atoms. The van der Waals surface area contributed by atoms with Gasteiger partial charge >= 0.3 is 0 Å². The molecular weight excluding hydrogens is 166 g/mol. The lowest BCUT2D eigenvalue weighted by Crippen LogP contribution is -2.19. The lowest BCUT2D eigenvalue weighted by molar-refractivity contribution is 0.0668. The molecule has 1 saturated heterocycles. The maximum atomic E-state index is 5.69. The summed E-state index contributed by atoms with van der Waals surface area (Å²) in [6, 6.07) is 0. The van der Waals surface area contributed by atoms with Crippen molar-refractivity contribution in [2.24, 2.45) is 7.05 Å². The van der Waals surface area contributed by atoms with E-state index in [9.17, 15) is 0 Å². The zero-order chi connectivity index (χ0) is 9.10. The van der Waals surface area contributed by atoms with E-state index in [4.69, 9.17) is 4.74 Å². The van der Waals surface area contributed by atoms with Crippen LogP contribution >= 0.6 is 0 Å². The Hall–Kier alpha value is -0.870. The van der Waals surface area contributed by atoms with Crippen molar-refractivity contribution in [3.63, 3.8) is 0 Å². The highest BCUT2D eigenvalue weighted by molar-refractivity contribution is 5.08. The summed E-state index contributed by atoms with van der Waals surface area (Å²) in [6.07, 6.45) is 5.16. The first-order valence-electron chi connectivity index (χ1n) is 4.67. The highest BCUT2D eigenvalue weighted by atomic mass is 16.5. The van der Waals surface area contributed by atoms with E-state index in [0.717, 1.165) is 31.7 Å². The van der Waals surface area contributed by atoms with E-state index in [1.807, 2.05) is 24.1 Å². The van der Waals surface area contributed by atoms with Crippen LogP contribution in [0.15, 0.2) is 12.4 Å². The number of hydrogen-bond acceptors (Lipinski definition) is 3. The van der Waals surface area contributed by atoms with E-state index >= 15 is 0 Å². The fraction of sp³-hybridized carbons (Fsp3) is 0.667. The second-order valence-electron chi connectivity index (χ2n) is 3.36. The molecule has 0 amide bonds. The normalized spacial score (nSPS) is 24.2. The van der Waals surface area contributed by atoms with Gasteiger partial charge in [-0.25, -0.2) is 0 Å². The van der Waals surface area contributed by atoms with Gasteiger partial charge in [-0.05, 0) is 13.0 Å². The smallest absolute Gasteiger partial charge is 0.0979 e. The zero-order valence-corrected chi connectivity index (χ0v) is 7.86. The Labute approximate surface area is 77.9 Å². The molecule has 1 atom stereocenters. The molecule has 0 aromatic carbocycles. The van der Waals surface area contributed by atoms with Crippen LogP contribution in [-0.2, 0) is 11.8 Å². The molecule has 0 aliphatic carbocycles. The largest absolute Gasteiger partial charge is 0.372 e. The molecule has 2 rings (SSSR count). The lowest BCUT2D eigenvalue weighted by atomic mass is 10.2. The van der Waals surface area contributed by atoms with Gasteiger partial charge in [0.25, 0.3) is 0 Å². The fourth-order valence-corrected chi connectivity index (χ4v) is 1.54. The third kappa shape index (κ3) is 2.08. The highest BCUT2D eigenvalue weighted by Gasteiger charge is 2.15. The summed E-state index contributed by atoms with van der Waals surface area (Å²) < 4.78 is 7.50.